The van der Waals surface area contributed by atoms with E-state index in [-0.39, 0.29) is 11.7 Å². The first-order valence-corrected chi connectivity index (χ1v) is 4.55. The summed E-state index contributed by atoms with van der Waals surface area (Å²) in [5.41, 5.74) is 0. The molecular formula is C10H13NO4. The zero-order valence-electron chi connectivity index (χ0n) is 8.70. The number of rotatable bonds is 4. The maximum Gasteiger partial charge on any atom is 0.373 e. The number of hydrogen-bond acceptors (Lipinski definition) is 4. The van der Waals surface area contributed by atoms with Crippen LogP contribution >= 0.6 is 0 Å². The van der Waals surface area contributed by atoms with Crippen molar-refractivity contribution in [3.05, 3.63) is 23.7 Å². The topological polar surface area (TPSA) is 68.5 Å². The summed E-state index contributed by atoms with van der Waals surface area (Å²) in [6, 6.07) is 3.19. The Labute approximate surface area is 87.4 Å². The molecule has 15 heavy (non-hydrogen) atoms. The van der Waals surface area contributed by atoms with Crippen LogP contribution in [0.25, 0.3) is 0 Å². The zero-order chi connectivity index (χ0) is 11.3. The van der Waals surface area contributed by atoms with Gasteiger partial charge >= 0.3 is 5.97 Å². The van der Waals surface area contributed by atoms with Crippen LogP contribution < -0.4 is 5.32 Å². The standard InChI is InChI=1S/C10H13NO4/c1-11-9(12)6-4-7-3-5-8(15-7)10(13)14-2/h3,5H,4,6H2,1-2H3,(H,11,12). The fourth-order valence-corrected chi connectivity index (χ4v) is 1.08. The molecule has 1 aromatic heterocycles. The molecular weight excluding hydrogens is 198 g/mol. The third kappa shape index (κ3) is 3.12. The Morgan fingerprint density at radius 2 is 2.20 bits per heavy atom. The van der Waals surface area contributed by atoms with Crippen LogP contribution in [0.3, 0.4) is 0 Å². The lowest BCUT2D eigenvalue weighted by atomic mass is 10.2. The van der Waals surface area contributed by atoms with E-state index in [0.717, 1.165) is 0 Å². The number of methoxy groups -OCH3 is 1. The molecule has 1 rings (SSSR count). The first-order valence-electron chi connectivity index (χ1n) is 4.55. The molecule has 1 N–H and O–H groups in total. The third-order valence-electron chi connectivity index (χ3n) is 1.93. The van der Waals surface area contributed by atoms with Gasteiger partial charge in [0.05, 0.1) is 7.11 Å². The summed E-state index contributed by atoms with van der Waals surface area (Å²) < 4.78 is 9.66. The van der Waals surface area contributed by atoms with Crippen LogP contribution in [0.15, 0.2) is 16.5 Å². The molecule has 1 amide bonds. The van der Waals surface area contributed by atoms with Gasteiger partial charge in [0.2, 0.25) is 11.7 Å². The Morgan fingerprint density at radius 1 is 1.47 bits per heavy atom. The predicted molar refractivity (Wildman–Crippen MR) is 52.4 cm³/mol. The van der Waals surface area contributed by atoms with Crippen molar-refractivity contribution < 1.29 is 18.7 Å². The van der Waals surface area contributed by atoms with E-state index in [0.29, 0.717) is 18.6 Å². The predicted octanol–water partition coefficient (Wildman–Crippen LogP) is 0.745. The molecule has 0 aromatic carbocycles. The molecule has 0 radical (unpaired) electrons. The summed E-state index contributed by atoms with van der Waals surface area (Å²) in [5, 5.41) is 2.50. The van der Waals surface area contributed by atoms with Crippen molar-refractivity contribution in [3.63, 3.8) is 0 Å². The van der Waals surface area contributed by atoms with Crippen LogP contribution in [-0.4, -0.2) is 26.0 Å². The van der Waals surface area contributed by atoms with E-state index >= 15 is 0 Å². The number of carbonyl (C=O) groups excluding carboxylic acids is 2. The minimum atomic E-state index is -0.513. The lowest BCUT2D eigenvalue weighted by Crippen LogP contribution is -2.17. The minimum absolute atomic E-state index is 0.0639. The van der Waals surface area contributed by atoms with Gasteiger partial charge in [-0.25, -0.2) is 4.79 Å². The summed E-state index contributed by atoms with van der Waals surface area (Å²) in [6.07, 6.45) is 0.807. The van der Waals surface area contributed by atoms with Gasteiger partial charge in [-0.3, -0.25) is 4.79 Å². The number of nitrogens with one attached hydrogen (secondary N) is 1. The maximum absolute atomic E-state index is 11.0. The highest BCUT2D eigenvalue weighted by atomic mass is 16.5. The van der Waals surface area contributed by atoms with Gasteiger partial charge in [0.25, 0.3) is 0 Å². The van der Waals surface area contributed by atoms with Crippen molar-refractivity contribution in [2.45, 2.75) is 12.8 Å². The average molecular weight is 211 g/mol. The summed E-state index contributed by atoms with van der Waals surface area (Å²) >= 11 is 0. The first-order chi connectivity index (χ1) is 7.17. The van der Waals surface area contributed by atoms with Crippen LogP contribution in [0.2, 0.25) is 0 Å². The van der Waals surface area contributed by atoms with Crippen molar-refractivity contribution >= 4 is 11.9 Å². The Bertz CT molecular complexity index is 356. The van der Waals surface area contributed by atoms with Crippen molar-refractivity contribution in [1.29, 1.82) is 0 Å². The molecule has 0 aliphatic carbocycles. The van der Waals surface area contributed by atoms with Gasteiger partial charge in [0.15, 0.2) is 0 Å². The van der Waals surface area contributed by atoms with Crippen molar-refractivity contribution in [2.24, 2.45) is 0 Å². The van der Waals surface area contributed by atoms with E-state index in [1.54, 1.807) is 13.1 Å². The molecule has 0 saturated carbocycles. The van der Waals surface area contributed by atoms with Crippen LogP contribution in [0, 0.1) is 0 Å². The van der Waals surface area contributed by atoms with Gasteiger partial charge in [-0.05, 0) is 12.1 Å². The van der Waals surface area contributed by atoms with Crippen LogP contribution in [0.5, 0.6) is 0 Å². The molecule has 5 heteroatoms. The fourth-order valence-electron chi connectivity index (χ4n) is 1.08. The average Bonchev–Trinajstić information content (AvgIpc) is 2.73. The Balaban J connectivity index is 2.53. The molecule has 0 aliphatic heterocycles. The summed E-state index contributed by atoms with van der Waals surface area (Å²) in [6.45, 7) is 0. The van der Waals surface area contributed by atoms with E-state index in [4.69, 9.17) is 4.42 Å². The first kappa shape index (κ1) is 11.3. The van der Waals surface area contributed by atoms with Crippen molar-refractivity contribution in [2.75, 3.05) is 14.2 Å². The molecule has 0 bridgehead atoms. The van der Waals surface area contributed by atoms with E-state index in [9.17, 15) is 9.59 Å². The number of esters is 1. The van der Waals surface area contributed by atoms with E-state index in [1.165, 1.54) is 13.2 Å². The highest BCUT2D eigenvalue weighted by Gasteiger charge is 2.11. The van der Waals surface area contributed by atoms with E-state index in [2.05, 4.69) is 10.1 Å². The Hall–Kier alpha value is -1.78. The maximum atomic E-state index is 11.0. The van der Waals surface area contributed by atoms with Gasteiger partial charge in [0.1, 0.15) is 5.76 Å². The van der Waals surface area contributed by atoms with Gasteiger partial charge in [0, 0.05) is 19.9 Å². The second kappa shape index (κ2) is 5.19. The molecule has 1 heterocycles. The van der Waals surface area contributed by atoms with Crippen molar-refractivity contribution in [3.8, 4) is 0 Å². The normalized spacial score (nSPS) is 9.73. The molecule has 0 unspecified atom stereocenters. The van der Waals surface area contributed by atoms with E-state index in [1.807, 2.05) is 0 Å². The molecule has 0 aliphatic rings. The lowest BCUT2D eigenvalue weighted by Gasteiger charge is -1.97. The van der Waals surface area contributed by atoms with Gasteiger partial charge in [-0.1, -0.05) is 0 Å². The van der Waals surface area contributed by atoms with Crippen LogP contribution in [0.1, 0.15) is 22.7 Å². The monoisotopic (exact) mass is 211 g/mol. The van der Waals surface area contributed by atoms with E-state index < -0.39 is 5.97 Å². The van der Waals surface area contributed by atoms with Gasteiger partial charge in [-0.15, -0.1) is 0 Å². The number of hydrogen-bond donors (Lipinski definition) is 1. The van der Waals surface area contributed by atoms with Gasteiger partial charge < -0.3 is 14.5 Å². The van der Waals surface area contributed by atoms with Gasteiger partial charge in [-0.2, -0.15) is 0 Å². The number of aryl methyl sites for hydroxylation is 1. The SMILES string of the molecule is CNC(=O)CCc1ccc(C(=O)OC)o1. The molecule has 82 valence electrons. The van der Waals surface area contributed by atoms with Crippen LogP contribution in [-0.2, 0) is 16.0 Å². The molecule has 5 nitrogen and oxygen atoms in total. The molecule has 0 atom stereocenters. The third-order valence-corrected chi connectivity index (χ3v) is 1.93. The molecule has 1 aromatic rings. The second-order valence-electron chi connectivity index (χ2n) is 2.93. The lowest BCUT2D eigenvalue weighted by molar-refractivity contribution is -0.120. The summed E-state index contributed by atoms with van der Waals surface area (Å²) in [4.78, 5) is 22.0. The largest absolute Gasteiger partial charge is 0.463 e. The Kier molecular flexibility index (Phi) is 3.91. The summed E-state index contributed by atoms with van der Waals surface area (Å²) in [7, 11) is 2.86. The summed E-state index contributed by atoms with van der Waals surface area (Å²) in [5.74, 6) is 0.176. The number of carbonyl (C=O) groups is 2. The smallest absolute Gasteiger partial charge is 0.373 e. The highest BCUT2D eigenvalue weighted by molar-refractivity contribution is 5.86. The number of ether oxygens (including phenoxy) is 1. The highest BCUT2D eigenvalue weighted by Crippen LogP contribution is 2.10. The number of furan rings is 1. The quantitative estimate of drug-likeness (QED) is 0.746. The van der Waals surface area contributed by atoms with Crippen molar-refractivity contribution in [1.82, 2.24) is 5.32 Å². The van der Waals surface area contributed by atoms with Crippen LogP contribution in [0.4, 0.5) is 0 Å². The number of amides is 1. The fraction of sp³-hybridized carbons (Fsp3) is 0.400. The second-order valence-corrected chi connectivity index (χ2v) is 2.93. The Morgan fingerprint density at radius 3 is 2.80 bits per heavy atom. The minimum Gasteiger partial charge on any atom is -0.463 e. The molecule has 0 saturated heterocycles. The molecule has 0 fully saturated rings. The zero-order valence-corrected chi connectivity index (χ0v) is 8.70. The molecule has 0 spiro atoms.